The Morgan fingerprint density at radius 3 is 2.46 bits per heavy atom. The molecule has 1 aliphatic heterocycles. The van der Waals surface area contributed by atoms with Gasteiger partial charge < -0.3 is 9.47 Å². The fourth-order valence-electron chi connectivity index (χ4n) is 3.53. The molecule has 26 heavy (non-hydrogen) atoms. The van der Waals surface area contributed by atoms with Crippen LogP contribution in [0.2, 0.25) is 0 Å². The Hall–Kier alpha value is -2.69. The summed E-state index contributed by atoms with van der Waals surface area (Å²) in [6, 6.07) is 8.70. The zero-order valence-electron chi connectivity index (χ0n) is 16.2. The van der Waals surface area contributed by atoms with Gasteiger partial charge in [0.1, 0.15) is 0 Å². The van der Waals surface area contributed by atoms with E-state index in [0.29, 0.717) is 0 Å². The molecule has 0 radical (unpaired) electrons. The third-order valence-electron chi connectivity index (χ3n) is 4.82. The van der Waals surface area contributed by atoms with Crippen molar-refractivity contribution in [2.45, 2.75) is 46.7 Å². The molecule has 0 bridgehead atoms. The summed E-state index contributed by atoms with van der Waals surface area (Å²) in [6.45, 7) is 18.1. The Morgan fingerprint density at radius 1 is 1.15 bits per heavy atom. The van der Waals surface area contributed by atoms with Crippen LogP contribution in [0.3, 0.4) is 0 Å². The quantitative estimate of drug-likeness (QED) is 0.753. The summed E-state index contributed by atoms with van der Waals surface area (Å²) in [5.74, 6) is 1.82. The van der Waals surface area contributed by atoms with Crippen molar-refractivity contribution < 1.29 is 0 Å². The van der Waals surface area contributed by atoms with Crippen molar-refractivity contribution >= 4 is 11.4 Å². The maximum atomic E-state index is 4.50. The van der Waals surface area contributed by atoms with E-state index in [4.69, 9.17) is 0 Å². The fraction of sp³-hybridized carbons (Fsp3) is 0.381. The van der Waals surface area contributed by atoms with Crippen LogP contribution in [-0.4, -0.2) is 31.9 Å². The average Bonchev–Trinajstić information content (AvgIpc) is 3.04. The van der Waals surface area contributed by atoms with E-state index in [2.05, 4.69) is 75.9 Å². The largest absolute Gasteiger partial charge is 0.359 e. The van der Waals surface area contributed by atoms with Gasteiger partial charge in [-0.3, -0.25) is 4.99 Å². The number of nitrogens with zero attached hydrogens (tertiary/aromatic N) is 5. The zero-order chi connectivity index (χ0) is 18.8. The molecular weight excluding hydrogens is 322 g/mol. The third-order valence-corrected chi connectivity index (χ3v) is 4.82. The summed E-state index contributed by atoms with van der Waals surface area (Å²) < 4.78 is 2.19. The van der Waals surface area contributed by atoms with Gasteiger partial charge in [0.05, 0.1) is 11.8 Å². The molecule has 1 aromatic carbocycles. The summed E-state index contributed by atoms with van der Waals surface area (Å²) in [7, 11) is 0. The second-order valence-electron chi connectivity index (χ2n) is 6.90. The van der Waals surface area contributed by atoms with Crippen LogP contribution in [0, 0.1) is 6.92 Å². The van der Waals surface area contributed by atoms with E-state index in [0.717, 1.165) is 53.8 Å². The molecule has 5 nitrogen and oxygen atoms in total. The van der Waals surface area contributed by atoms with Crippen LogP contribution in [0.15, 0.2) is 48.1 Å². The number of aromatic nitrogens is 3. The van der Waals surface area contributed by atoms with Crippen molar-refractivity contribution in [3.8, 4) is 0 Å². The first-order valence-corrected chi connectivity index (χ1v) is 9.09. The van der Waals surface area contributed by atoms with Gasteiger partial charge in [0.25, 0.3) is 0 Å². The predicted octanol–water partition coefficient (Wildman–Crippen LogP) is 4.37. The lowest BCUT2D eigenvalue weighted by molar-refractivity contribution is 0.228. The number of benzene rings is 1. The van der Waals surface area contributed by atoms with Gasteiger partial charge in [-0.2, -0.15) is 0 Å². The highest BCUT2D eigenvalue weighted by molar-refractivity contribution is 5.96. The lowest BCUT2D eigenvalue weighted by Gasteiger charge is -2.38. The van der Waals surface area contributed by atoms with Gasteiger partial charge in [-0.05, 0) is 32.8 Å². The van der Waals surface area contributed by atoms with Gasteiger partial charge >= 0.3 is 0 Å². The summed E-state index contributed by atoms with van der Waals surface area (Å²) in [4.78, 5) is 6.81. The normalized spacial score (nSPS) is 17.2. The van der Waals surface area contributed by atoms with Crippen molar-refractivity contribution in [3.05, 3.63) is 65.9 Å². The molecule has 1 atom stereocenters. The maximum Gasteiger partial charge on any atom is 0.178 e. The van der Waals surface area contributed by atoms with Crippen LogP contribution < -0.4 is 0 Å². The second kappa shape index (κ2) is 7.28. The van der Waals surface area contributed by atoms with Crippen LogP contribution >= 0.6 is 0 Å². The SMILES string of the molecule is C=C(C)N=C(C)c1nnc2n1CCN(C(=C)c1ccc(C)cc1)C2CC. The van der Waals surface area contributed by atoms with Crippen molar-refractivity contribution in [1.82, 2.24) is 19.7 Å². The minimum atomic E-state index is 0.163. The number of aryl methyl sites for hydroxylation is 1. The molecule has 2 aromatic rings. The Kier molecular flexibility index (Phi) is 5.07. The molecule has 5 heteroatoms. The van der Waals surface area contributed by atoms with Crippen LogP contribution in [0.1, 0.15) is 56.0 Å². The third kappa shape index (κ3) is 3.34. The molecule has 0 saturated carbocycles. The minimum Gasteiger partial charge on any atom is -0.359 e. The first-order valence-electron chi connectivity index (χ1n) is 9.09. The summed E-state index contributed by atoms with van der Waals surface area (Å²) >= 11 is 0. The first-order chi connectivity index (χ1) is 12.4. The minimum absolute atomic E-state index is 0.163. The van der Waals surface area contributed by atoms with Crippen molar-refractivity contribution in [2.75, 3.05) is 6.54 Å². The molecule has 0 aliphatic carbocycles. The highest BCUT2D eigenvalue weighted by Crippen LogP contribution is 2.34. The van der Waals surface area contributed by atoms with E-state index in [9.17, 15) is 0 Å². The van der Waals surface area contributed by atoms with E-state index in [1.165, 1.54) is 5.56 Å². The first kappa shape index (κ1) is 18.1. The maximum absolute atomic E-state index is 4.50. The van der Waals surface area contributed by atoms with Crippen molar-refractivity contribution in [2.24, 2.45) is 4.99 Å². The van der Waals surface area contributed by atoms with E-state index in [-0.39, 0.29) is 6.04 Å². The van der Waals surface area contributed by atoms with E-state index >= 15 is 0 Å². The number of fused-ring (bicyclic) bond motifs is 1. The molecule has 1 aliphatic rings. The molecule has 2 heterocycles. The molecule has 0 fully saturated rings. The Labute approximate surface area is 155 Å². The lowest BCUT2D eigenvalue weighted by atomic mass is 10.0. The van der Waals surface area contributed by atoms with Crippen LogP contribution in [0.5, 0.6) is 0 Å². The van der Waals surface area contributed by atoms with Gasteiger partial charge in [-0.25, -0.2) is 0 Å². The van der Waals surface area contributed by atoms with Crippen LogP contribution in [0.4, 0.5) is 0 Å². The second-order valence-corrected chi connectivity index (χ2v) is 6.90. The molecule has 1 unspecified atom stereocenters. The van der Waals surface area contributed by atoms with Crippen LogP contribution in [-0.2, 0) is 6.54 Å². The molecular formula is C21H27N5. The highest BCUT2D eigenvalue weighted by atomic mass is 15.4. The van der Waals surface area contributed by atoms with Crippen molar-refractivity contribution in [1.29, 1.82) is 0 Å². The topological polar surface area (TPSA) is 46.3 Å². The van der Waals surface area contributed by atoms with E-state index < -0.39 is 0 Å². The number of allylic oxidation sites excluding steroid dienone is 1. The summed E-state index contributed by atoms with van der Waals surface area (Å²) in [5, 5.41) is 8.91. The molecule has 0 amide bonds. The van der Waals surface area contributed by atoms with E-state index in [1.54, 1.807) is 0 Å². The molecule has 0 N–H and O–H groups in total. The standard InChI is InChI=1S/C21H27N5/c1-7-19-21-24-23-20(16(5)22-14(2)3)26(21)13-12-25(19)17(6)18-10-8-15(4)9-11-18/h8-11,19H,2,6-7,12-13H2,1,3-5H3. The molecule has 136 valence electrons. The Morgan fingerprint density at radius 2 is 1.85 bits per heavy atom. The number of aliphatic imine (C=N–C) groups is 1. The summed E-state index contributed by atoms with van der Waals surface area (Å²) in [6.07, 6.45) is 0.944. The van der Waals surface area contributed by atoms with Gasteiger partial charge in [-0.15, -0.1) is 10.2 Å². The van der Waals surface area contributed by atoms with Gasteiger partial charge in [0, 0.05) is 24.5 Å². The monoisotopic (exact) mass is 349 g/mol. The van der Waals surface area contributed by atoms with E-state index in [1.807, 2.05) is 13.8 Å². The summed E-state index contributed by atoms with van der Waals surface area (Å²) in [5.41, 5.74) is 5.08. The molecule has 0 spiro atoms. The molecule has 3 rings (SSSR count). The van der Waals surface area contributed by atoms with Crippen molar-refractivity contribution in [3.63, 3.8) is 0 Å². The van der Waals surface area contributed by atoms with Gasteiger partial charge in [0.15, 0.2) is 11.6 Å². The average molecular weight is 349 g/mol. The molecule has 1 aromatic heterocycles. The van der Waals surface area contributed by atoms with Crippen LogP contribution in [0.25, 0.3) is 5.70 Å². The lowest BCUT2D eigenvalue weighted by Crippen LogP contribution is -2.37. The van der Waals surface area contributed by atoms with Gasteiger partial charge in [-0.1, -0.05) is 49.9 Å². The number of hydrogen-bond donors (Lipinski definition) is 0. The smallest absolute Gasteiger partial charge is 0.178 e. The number of hydrogen-bond acceptors (Lipinski definition) is 4. The molecule has 0 saturated heterocycles. The highest BCUT2D eigenvalue weighted by Gasteiger charge is 2.31. The predicted molar refractivity (Wildman–Crippen MR) is 107 cm³/mol. The fourth-order valence-corrected chi connectivity index (χ4v) is 3.53. The zero-order valence-corrected chi connectivity index (χ0v) is 16.2. The Balaban J connectivity index is 1.93. The Bertz CT molecular complexity index is 857. The van der Waals surface area contributed by atoms with Gasteiger partial charge in [0.2, 0.25) is 0 Å². The number of rotatable bonds is 5.